The lowest BCUT2D eigenvalue weighted by molar-refractivity contribution is 0.489. The Kier molecular flexibility index (Phi) is 7.86. The van der Waals surface area contributed by atoms with Crippen molar-refractivity contribution in [3.8, 4) is 0 Å². The topological polar surface area (TPSA) is 24.4 Å². The molecule has 20 heavy (non-hydrogen) atoms. The highest BCUT2D eigenvalue weighted by molar-refractivity contribution is 8.13. The van der Waals surface area contributed by atoms with Gasteiger partial charge in [0.15, 0.2) is 5.17 Å². The van der Waals surface area contributed by atoms with Gasteiger partial charge in [0.2, 0.25) is 0 Å². The van der Waals surface area contributed by atoms with Crippen molar-refractivity contribution in [1.82, 2.24) is 5.32 Å². The van der Waals surface area contributed by atoms with E-state index in [-0.39, 0.29) is 0 Å². The molecule has 1 N–H and O–H groups in total. The zero-order valence-electron chi connectivity index (χ0n) is 13.2. The molecule has 1 heterocycles. The second kappa shape index (κ2) is 9.70. The van der Waals surface area contributed by atoms with Gasteiger partial charge in [0.1, 0.15) is 0 Å². The third-order valence-corrected chi connectivity index (χ3v) is 5.78. The highest BCUT2D eigenvalue weighted by Gasteiger charge is 2.31. The Bertz CT molecular complexity index is 291. The van der Waals surface area contributed by atoms with Crippen LogP contribution in [0, 0.1) is 5.92 Å². The van der Waals surface area contributed by atoms with E-state index in [0.717, 1.165) is 18.5 Å². The highest BCUT2D eigenvalue weighted by atomic mass is 32.2. The van der Waals surface area contributed by atoms with E-state index in [4.69, 9.17) is 4.99 Å². The molecule has 2 unspecified atom stereocenters. The molecular formula is C17H32N2S. The van der Waals surface area contributed by atoms with Crippen molar-refractivity contribution in [1.29, 1.82) is 0 Å². The Morgan fingerprint density at radius 3 is 2.60 bits per heavy atom. The molecule has 2 aliphatic rings. The van der Waals surface area contributed by atoms with Crippen LogP contribution >= 0.6 is 11.8 Å². The van der Waals surface area contributed by atoms with Crippen LogP contribution in [0.1, 0.15) is 77.6 Å². The standard InChI is InChI=1S/C17H32N2S/c1-2-3-4-5-6-7-8-9-13-18-17-19-16-12-10-11-15(16)14-20-17/h15-16H,2-14H2,1H3,(H,18,19). The van der Waals surface area contributed by atoms with Crippen molar-refractivity contribution in [3.63, 3.8) is 0 Å². The summed E-state index contributed by atoms with van der Waals surface area (Å²) < 4.78 is 0. The van der Waals surface area contributed by atoms with Gasteiger partial charge in [-0.05, 0) is 25.2 Å². The van der Waals surface area contributed by atoms with Gasteiger partial charge in [-0.3, -0.25) is 4.99 Å². The summed E-state index contributed by atoms with van der Waals surface area (Å²) in [5, 5.41) is 4.89. The van der Waals surface area contributed by atoms with Gasteiger partial charge in [-0.2, -0.15) is 0 Å². The van der Waals surface area contributed by atoms with Gasteiger partial charge in [-0.15, -0.1) is 0 Å². The first-order valence-corrected chi connectivity index (χ1v) is 9.82. The Hall–Kier alpha value is -0.180. The van der Waals surface area contributed by atoms with Gasteiger partial charge >= 0.3 is 0 Å². The number of nitrogens with one attached hydrogen (secondary N) is 1. The van der Waals surface area contributed by atoms with Crippen molar-refractivity contribution < 1.29 is 0 Å². The molecule has 0 aromatic heterocycles. The number of amidine groups is 1. The van der Waals surface area contributed by atoms with Gasteiger partial charge in [0.05, 0.1) is 0 Å². The van der Waals surface area contributed by atoms with Crippen LogP contribution in [-0.2, 0) is 0 Å². The molecule has 0 amide bonds. The van der Waals surface area contributed by atoms with E-state index in [2.05, 4.69) is 12.2 Å². The van der Waals surface area contributed by atoms with E-state index in [0.29, 0.717) is 0 Å². The molecule has 0 spiro atoms. The Balaban J connectivity index is 1.47. The SMILES string of the molecule is CCCCCCCCCCN=C1NC2CCCC2CS1. The minimum atomic E-state index is 0.744. The Morgan fingerprint density at radius 2 is 1.80 bits per heavy atom. The molecule has 116 valence electrons. The maximum absolute atomic E-state index is 4.76. The average Bonchev–Trinajstić information content (AvgIpc) is 2.93. The van der Waals surface area contributed by atoms with Crippen molar-refractivity contribution >= 4 is 16.9 Å². The third kappa shape index (κ3) is 5.67. The maximum Gasteiger partial charge on any atom is 0.156 e. The van der Waals surface area contributed by atoms with Gasteiger partial charge in [0.25, 0.3) is 0 Å². The molecule has 2 rings (SSSR count). The molecule has 3 heteroatoms. The molecule has 1 saturated carbocycles. The number of hydrogen-bond donors (Lipinski definition) is 1. The largest absolute Gasteiger partial charge is 0.362 e. The number of unbranched alkanes of at least 4 members (excludes halogenated alkanes) is 7. The minimum absolute atomic E-state index is 0.744. The normalized spacial score (nSPS) is 27.6. The van der Waals surface area contributed by atoms with E-state index < -0.39 is 0 Å². The van der Waals surface area contributed by atoms with E-state index >= 15 is 0 Å². The van der Waals surface area contributed by atoms with E-state index in [9.17, 15) is 0 Å². The van der Waals surface area contributed by atoms with Crippen molar-refractivity contribution in [2.75, 3.05) is 12.3 Å². The molecule has 2 atom stereocenters. The van der Waals surface area contributed by atoms with Gasteiger partial charge < -0.3 is 5.32 Å². The molecular weight excluding hydrogens is 264 g/mol. The van der Waals surface area contributed by atoms with Gasteiger partial charge in [-0.25, -0.2) is 0 Å². The van der Waals surface area contributed by atoms with Crippen molar-refractivity contribution in [2.24, 2.45) is 10.9 Å². The number of nitrogens with zero attached hydrogens (tertiary/aromatic N) is 1. The third-order valence-electron chi connectivity index (χ3n) is 4.67. The minimum Gasteiger partial charge on any atom is -0.362 e. The van der Waals surface area contributed by atoms with Gasteiger partial charge in [0, 0.05) is 18.3 Å². The summed E-state index contributed by atoms with van der Waals surface area (Å²) in [7, 11) is 0. The monoisotopic (exact) mass is 296 g/mol. The zero-order chi connectivity index (χ0) is 14.0. The molecule has 0 aromatic rings. The summed E-state index contributed by atoms with van der Waals surface area (Å²) in [5.41, 5.74) is 0. The second-order valence-corrected chi connectivity index (χ2v) is 7.42. The first-order chi connectivity index (χ1) is 9.90. The summed E-state index contributed by atoms with van der Waals surface area (Å²) >= 11 is 1.96. The maximum atomic E-state index is 4.76. The molecule has 1 aliphatic heterocycles. The number of fused-ring (bicyclic) bond motifs is 1. The number of aliphatic imine (C=N–C) groups is 1. The van der Waals surface area contributed by atoms with Crippen LogP contribution in [0.15, 0.2) is 4.99 Å². The van der Waals surface area contributed by atoms with Crippen LogP contribution in [0.4, 0.5) is 0 Å². The molecule has 0 bridgehead atoms. The van der Waals surface area contributed by atoms with Crippen LogP contribution in [0.5, 0.6) is 0 Å². The molecule has 2 fully saturated rings. The number of thioether (sulfide) groups is 1. The predicted octanol–water partition coefficient (Wildman–Crippen LogP) is 4.99. The number of hydrogen-bond acceptors (Lipinski definition) is 2. The van der Waals surface area contributed by atoms with E-state index in [1.165, 1.54) is 81.5 Å². The molecule has 0 aromatic carbocycles. The quantitative estimate of drug-likeness (QED) is 0.606. The van der Waals surface area contributed by atoms with Gasteiger partial charge in [-0.1, -0.05) is 70.1 Å². The lowest BCUT2D eigenvalue weighted by Gasteiger charge is -2.28. The Morgan fingerprint density at radius 1 is 1.05 bits per heavy atom. The Labute approximate surface area is 129 Å². The smallest absolute Gasteiger partial charge is 0.156 e. The van der Waals surface area contributed by atoms with E-state index in [1.54, 1.807) is 0 Å². The predicted molar refractivity (Wildman–Crippen MR) is 91.6 cm³/mol. The van der Waals surface area contributed by atoms with Crippen LogP contribution in [0.3, 0.4) is 0 Å². The van der Waals surface area contributed by atoms with Crippen molar-refractivity contribution in [2.45, 2.75) is 83.6 Å². The lowest BCUT2D eigenvalue weighted by Crippen LogP contribution is -2.41. The fourth-order valence-corrected chi connectivity index (χ4v) is 4.52. The fourth-order valence-electron chi connectivity index (χ4n) is 3.33. The van der Waals surface area contributed by atoms with Crippen molar-refractivity contribution in [3.05, 3.63) is 0 Å². The van der Waals surface area contributed by atoms with Crippen LogP contribution < -0.4 is 5.32 Å². The first-order valence-electron chi connectivity index (χ1n) is 8.84. The fraction of sp³-hybridized carbons (Fsp3) is 0.941. The lowest BCUT2D eigenvalue weighted by atomic mass is 10.1. The first kappa shape index (κ1) is 16.2. The molecule has 1 saturated heterocycles. The number of rotatable bonds is 9. The summed E-state index contributed by atoms with van der Waals surface area (Å²) in [5.74, 6) is 2.22. The molecule has 0 radical (unpaired) electrons. The van der Waals surface area contributed by atoms with Crippen LogP contribution in [-0.4, -0.2) is 23.5 Å². The average molecular weight is 297 g/mol. The summed E-state index contributed by atoms with van der Waals surface area (Å²) in [6.45, 7) is 3.31. The molecule has 1 aliphatic carbocycles. The highest BCUT2D eigenvalue weighted by Crippen LogP contribution is 2.32. The van der Waals surface area contributed by atoms with E-state index in [1.807, 2.05) is 11.8 Å². The van der Waals surface area contributed by atoms with Crippen LogP contribution in [0.25, 0.3) is 0 Å². The summed E-state index contributed by atoms with van der Waals surface area (Å²) in [6.07, 6.45) is 15.3. The summed E-state index contributed by atoms with van der Waals surface area (Å²) in [6, 6.07) is 0.744. The zero-order valence-corrected chi connectivity index (χ0v) is 14.0. The molecule has 2 nitrogen and oxygen atoms in total. The second-order valence-electron chi connectivity index (χ2n) is 6.41. The summed E-state index contributed by atoms with van der Waals surface area (Å²) in [4.78, 5) is 4.76. The van der Waals surface area contributed by atoms with Crippen LogP contribution in [0.2, 0.25) is 0 Å².